The Morgan fingerprint density at radius 2 is 2.25 bits per heavy atom. The highest BCUT2D eigenvalue weighted by atomic mass is 19.3. The summed E-state index contributed by atoms with van der Waals surface area (Å²) in [5.41, 5.74) is 1.08. The molecular weight excluding hydrogens is 374 g/mol. The van der Waals surface area contributed by atoms with E-state index in [1.807, 2.05) is 6.07 Å². The van der Waals surface area contributed by atoms with Crippen LogP contribution in [0.2, 0.25) is 0 Å². The van der Waals surface area contributed by atoms with Gasteiger partial charge in [0.25, 0.3) is 0 Å². The Labute approximate surface area is 157 Å². The minimum Gasteiger partial charge on any atom is -0.415 e. The van der Waals surface area contributed by atoms with E-state index in [2.05, 4.69) is 35.3 Å². The quantitative estimate of drug-likeness (QED) is 0.656. The van der Waals surface area contributed by atoms with Gasteiger partial charge in [-0.3, -0.25) is 5.10 Å². The summed E-state index contributed by atoms with van der Waals surface area (Å²) in [6, 6.07) is 3.31. The largest absolute Gasteiger partial charge is 0.415 e. The predicted octanol–water partition coefficient (Wildman–Crippen LogP) is 2.19. The molecule has 4 rings (SSSR count). The zero-order valence-electron chi connectivity index (χ0n) is 14.6. The molecule has 1 saturated heterocycles. The van der Waals surface area contributed by atoms with Crippen LogP contribution in [0.25, 0.3) is 11.2 Å². The van der Waals surface area contributed by atoms with Crippen molar-refractivity contribution in [3.05, 3.63) is 18.0 Å². The zero-order valence-corrected chi connectivity index (χ0v) is 14.6. The van der Waals surface area contributed by atoms with Crippen molar-refractivity contribution >= 4 is 22.8 Å². The highest BCUT2D eigenvalue weighted by Gasteiger charge is 2.20. The van der Waals surface area contributed by atoms with Gasteiger partial charge in [0.05, 0.1) is 6.20 Å². The molecule has 3 aromatic rings. The number of H-pyrrole nitrogens is 1. The van der Waals surface area contributed by atoms with Crippen molar-refractivity contribution in [2.45, 2.75) is 26.0 Å². The molecule has 0 spiro atoms. The molecule has 0 amide bonds. The van der Waals surface area contributed by atoms with E-state index in [4.69, 9.17) is 4.74 Å². The van der Waals surface area contributed by atoms with Crippen LogP contribution in [0.15, 0.2) is 12.3 Å². The first-order valence-corrected chi connectivity index (χ1v) is 8.61. The SMILES string of the molecule is N#Cc1nn(CC2CCOCC2)c2nc(Nc3cc(OC(F)F)n[nH]3)cnc12. The molecule has 1 aliphatic rings. The summed E-state index contributed by atoms with van der Waals surface area (Å²) in [5, 5.41) is 22.7. The van der Waals surface area contributed by atoms with Crippen molar-refractivity contribution in [1.82, 2.24) is 29.9 Å². The van der Waals surface area contributed by atoms with E-state index in [1.54, 1.807) is 4.68 Å². The number of nitriles is 1. The van der Waals surface area contributed by atoms with Crippen LogP contribution in [-0.4, -0.2) is 49.8 Å². The molecule has 28 heavy (non-hydrogen) atoms. The maximum absolute atomic E-state index is 12.2. The Kier molecular flexibility index (Phi) is 4.98. The second-order valence-corrected chi connectivity index (χ2v) is 6.25. The van der Waals surface area contributed by atoms with Gasteiger partial charge in [-0.2, -0.15) is 19.1 Å². The van der Waals surface area contributed by atoms with E-state index in [1.165, 1.54) is 12.3 Å². The van der Waals surface area contributed by atoms with Gasteiger partial charge in [-0.15, -0.1) is 5.10 Å². The number of rotatable bonds is 6. The van der Waals surface area contributed by atoms with E-state index in [9.17, 15) is 14.0 Å². The molecule has 0 aliphatic carbocycles. The fourth-order valence-corrected chi connectivity index (χ4v) is 3.04. The monoisotopic (exact) mass is 390 g/mol. The summed E-state index contributed by atoms with van der Waals surface area (Å²) in [4.78, 5) is 8.76. The Hall–Kier alpha value is -3.33. The van der Waals surface area contributed by atoms with Crippen LogP contribution < -0.4 is 10.1 Å². The first-order chi connectivity index (χ1) is 13.6. The Morgan fingerprint density at radius 1 is 1.43 bits per heavy atom. The van der Waals surface area contributed by atoms with Crippen LogP contribution in [-0.2, 0) is 11.3 Å². The molecule has 2 N–H and O–H groups in total. The number of aromatic amines is 1. The maximum atomic E-state index is 12.2. The molecule has 146 valence electrons. The Bertz CT molecular complexity index is 1010. The number of halogens is 2. The van der Waals surface area contributed by atoms with Crippen molar-refractivity contribution < 1.29 is 18.3 Å². The van der Waals surface area contributed by atoms with Crippen LogP contribution in [0.4, 0.5) is 20.4 Å². The fraction of sp³-hybridized carbons (Fsp3) is 0.438. The third kappa shape index (κ3) is 3.84. The average molecular weight is 390 g/mol. The summed E-state index contributed by atoms with van der Waals surface area (Å²) in [5.74, 6) is 0.781. The van der Waals surface area contributed by atoms with E-state index in [0.29, 0.717) is 48.5 Å². The molecule has 0 unspecified atom stereocenters. The lowest BCUT2D eigenvalue weighted by molar-refractivity contribution is -0.0528. The summed E-state index contributed by atoms with van der Waals surface area (Å²) < 4.78 is 35.8. The second-order valence-electron chi connectivity index (χ2n) is 6.25. The third-order valence-electron chi connectivity index (χ3n) is 4.35. The lowest BCUT2D eigenvalue weighted by Gasteiger charge is -2.21. The number of hydrogen-bond acceptors (Lipinski definition) is 8. The van der Waals surface area contributed by atoms with Gasteiger partial charge >= 0.3 is 6.61 Å². The van der Waals surface area contributed by atoms with E-state index < -0.39 is 6.61 Å². The van der Waals surface area contributed by atoms with E-state index in [-0.39, 0.29) is 11.6 Å². The van der Waals surface area contributed by atoms with Crippen molar-refractivity contribution in [2.75, 3.05) is 18.5 Å². The first kappa shape index (κ1) is 18.1. The zero-order chi connectivity index (χ0) is 19.5. The first-order valence-electron chi connectivity index (χ1n) is 8.61. The van der Waals surface area contributed by atoms with Crippen LogP contribution in [0.5, 0.6) is 5.88 Å². The van der Waals surface area contributed by atoms with Crippen molar-refractivity contribution in [2.24, 2.45) is 5.92 Å². The molecule has 1 aliphatic heterocycles. The van der Waals surface area contributed by atoms with Gasteiger partial charge in [0.15, 0.2) is 17.2 Å². The molecule has 0 bridgehead atoms. The van der Waals surface area contributed by atoms with Crippen LogP contribution in [0.1, 0.15) is 18.5 Å². The topological polar surface area (TPSA) is 127 Å². The van der Waals surface area contributed by atoms with Crippen LogP contribution in [0.3, 0.4) is 0 Å². The second kappa shape index (κ2) is 7.73. The smallest absolute Gasteiger partial charge is 0.388 e. The maximum Gasteiger partial charge on any atom is 0.388 e. The number of ether oxygens (including phenoxy) is 2. The highest BCUT2D eigenvalue weighted by Crippen LogP contribution is 2.23. The van der Waals surface area contributed by atoms with E-state index in [0.717, 1.165) is 12.8 Å². The number of nitrogens with one attached hydrogen (secondary N) is 2. The molecule has 0 aromatic carbocycles. The van der Waals surface area contributed by atoms with Gasteiger partial charge in [0, 0.05) is 25.8 Å². The van der Waals surface area contributed by atoms with Gasteiger partial charge in [-0.05, 0) is 18.8 Å². The molecule has 1 fully saturated rings. The fourth-order valence-electron chi connectivity index (χ4n) is 3.04. The van der Waals surface area contributed by atoms with Crippen molar-refractivity contribution in [3.63, 3.8) is 0 Å². The number of aromatic nitrogens is 6. The minimum absolute atomic E-state index is 0.204. The summed E-state index contributed by atoms with van der Waals surface area (Å²) >= 11 is 0. The molecule has 3 aromatic heterocycles. The molecule has 0 atom stereocenters. The standard InChI is InChI=1S/C16H16F2N8O2/c17-16(18)28-13-5-11(23-24-13)21-12-7-20-14-10(6-19)25-26(15(14)22-12)8-9-1-3-27-4-2-9/h5,7,9,16H,1-4,8H2,(H2,21,22,23,24). The molecule has 4 heterocycles. The van der Waals surface area contributed by atoms with Crippen molar-refractivity contribution in [1.29, 1.82) is 5.26 Å². The number of nitrogens with zero attached hydrogens (tertiary/aromatic N) is 6. The third-order valence-corrected chi connectivity index (χ3v) is 4.35. The van der Waals surface area contributed by atoms with Gasteiger partial charge in [-0.1, -0.05) is 0 Å². The van der Waals surface area contributed by atoms with Gasteiger partial charge in [0.2, 0.25) is 5.88 Å². The summed E-state index contributed by atoms with van der Waals surface area (Å²) in [6.07, 6.45) is 3.25. The van der Waals surface area contributed by atoms with Gasteiger partial charge in [0.1, 0.15) is 17.4 Å². The minimum atomic E-state index is -2.96. The molecule has 12 heteroatoms. The van der Waals surface area contributed by atoms with Gasteiger partial charge < -0.3 is 14.8 Å². The number of hydrogen-bond donors (Lipinski definition) is 2. The Balaban J connectivity index is 1.59. The number of fused-ring (bicyclic) bond motifs is 1. The highest BCUT2D eigenvalue weighted by molar-refractivity contribution is 5.78. The normalized spacial score (nSPS) is 15.1. The summed E-state index contributed by atoms with van der Waals surface area (Å²) in [7, 11) is 0. The average Bonchev–Trinajstić information content (AvgIpc) is 3.26. The molecule has 0 saturated carbocycles. The molecular formula is C16H16F2N8O2. The number of anilines is 2. The molecule has 10 nitrogen and oxygen atoms in total. The number of alkyl halides is 2. The lowest BCUT2D eigenvalue weighted by Crippen LogP contribution is -2.21. The van der Waals surface area contributed by atoms with E-state index >= 15 is 0 Å². The van der Waals surface area contributed by atoms with Gasteiger partial charge in [-0.25, -0.2) is 14.6 Å². The Morgan fingerprint density at radius 3 is 3.00 bits per heavy atom. The van der Waals surface area contributed by atoms with Crippen LogP contribution in [0, 0.1) is 17.2 Å². The predicted molar refractivity (Wildman–Crippen MR) is 92.1 cm³/mol. The summed E-state index contributed by atoms with van der Waals surface area (Å²) in [6.45, 7) is -0.945. The van der Waals surface area contributed by atoms with Crippen molar-refractivity contribution in [3.8, 4) is 11.9 Å². The van der Waals surface area contributed by atoms with Crippen LogP contribution >= 0.6 is 0 Å². The molecule has 0 radical (unpaired) electrons. The lowest BCUT2D eigenvalue weighted by atomic mass is 10.0.